The van der Waals surface area contributed by atoms with Gasteiger partial charge in [0, 0.05) is 4.88 Å². The molecule has 0 spiro atoms. The summed E-state index contributed by atoms with van der Waals surface area (Å²) in [5.41, 5.74) is 1.28. The van der Waals surface area contributed by atoms with Crippen molar-refractivity contribution in [3.63, 3.8) is 0 Å². The molecule has 2 aromatic carbocycles. The zero-order chi connectivity index (χ0) is 17.2. The molecule has 1 aliphatic rings. The molecule has 0 fully saturated rings. The lowest BCUT2D eigenvalue weighted by Gasteiger charge is -2.22. The number of fused-ring (bicyclic) bond motifs is 2. The standard InChI is InChI=1S/C20H18O4S/c1-22-16-4-2-13-3-5-17(11-15(13)10-16)24-19(21)12-18-20-14(6-8-23-18)7-9-25-20/h2-5,7,9-11,18H,6,8,12H2,1H3/t18-/m0/s1. The summed E-state index contributed by atoms with van der Waals surface area (Å²) in [5, 5.41) is 4.09. The van der Waals surface area contributed by atoms with Gasteiger partial charge in [-0.1, -0.05) is 12.1 Å². The molecule has 4 nitrogen and oxygen atoms in total. The molecule has 1 atom stereocenters. The number of ether oxygens (including phenoxy) is 3. The van der Waals surface area contributed by atoms with Gasteiger partial charge in [-0.3, -0.25) is 4.79 Å². The van der Waals surface area contributed by atoms with Crippen LogP contribution in [0, 0.1) is 0 Å². The van der Waals surface area contributed by atoms with E-state index in [1.54, 1.807) is 18.4 Å². The molecule has 0 aliphatic carbocycles. The first-order chi connectivity index (χ1) is 12.2. The molecular weight excluding hydrogens is 336 g/mol. The summed E-state index contributed by atoms with van der Waals surface area (Å²) in [4.78, 5) is 13.5. The Hall–Kier alpha value is -2.37. The van der Waals surface area contributed by atoms with E-state index < -0.39 is 0 Å². The van der Waals surface area contributed by atoms with Crippen molar-refractivity contribution in [1.29, 1.82) is 0 Å². The smallest absolute Gasteiger partial charge is 0.314 e. The van der Waals surface area contributed by atoms with Gasteiger partial charge in [0.15, 0.2) is 0 Å². The van der Waals surface area contributed by atoms with Crippen molar-refractivity contribution in [2.75, 3.05) is 13.7 Å². The number of methoxy groups -OCH3 is 1. The molecule has 0 N–H and O–H groups in total. The minimum atomic E-state index is -0.284. The van der Waals surface area contributed by atoms with Crippen LogP contribution in [0.1, 0.15) is 23.0 Å². The fourth-order valence-corrected chi connectivity index (χ4v) is 4.10. The molecule has 0 saturated carbocycles. The van der Waals surface area contributed by atoms with E-state index in [2.05, 4.69) is 6.07 Å². The summed E-state index contributed by atoms with van der Waals surface area (Å²) < 4.78 is 16.5. The van der Waals surface area contributed by atoms with Gasteiger partial charge in [-0.05, 0) is 58.5 Å². The van der Waals surface area contributed by atoms with Gasteiger partial charge in [0.1, 0.15) is 17.6 Å². The number of hydrogen-bond acceptors (Lipinski definition) is 5. The van der Waals surface area contributed by atoms with Crippen molar-refractivity contribution in [3.8, 4) is 11.5 Å². The lowest BCUT2D eigenvalue weighted by molar-refractivity contribution is -0.137. The maximum atomic E-state index is 12.3. The largest absolute Gasteiger partial charge is 0.497 e. The lowest BCUT2D eigenvalue weighted by atomic mass is 10.1. The highest BCUT2D eigenvalue weighted by Crippen LogP contribution is 2.34. The van der Waals surface area contributed by atoms with Crippen LogP contribution in [0.25, 0.3) is 10.8 Å². The second-order valence-electron chi connectivity index (χ2n) is 5.97. The molecule has 2 heterocycles. The maximum absolute atomic E-state index is 12.3. The van der Waals surface area contributed by atoms with Crippen LogP contribution in [0.15, 0.2) is 47.8 Å². The summed E-state index contributed by atoms with van der Waals surface area (Å²) in [5.74, 6) is 1.03. The third-order valence-corrected chi connectivity index (χ3v) is 5.42. The molecule has 0 radical (unpaired) electrons. The summed E-state index contributed by atoms with van der Waals surface area (Å²) in [6.07, 6.45) is 0.942. The van der Waals surface area contributed by atoms with E-state index in [0.717, 1.165) is 27.8 Å². The van der Waals surface area contributed by atoms with Crippen molar-refractivity contribution in [2.24, 2.45) is 0 Å². The Morgan fingerprint density at radius 3 is 2.80 bits per heavy atom. The zero-order valence-electron chi connectivity index (χ0n) is 13.9. The fraction of sp³-hybridized carbons (Fsp3) is 0.250. The second-order valence-corrected chi connectivity index (χ2v) is 6.92. The number of benzene rings is 2. The van der Waals surface area contributed by atoms with Crippen LogP contribution in [-0.2, 0) is 16.0 Å². The van der Waals surface area contributed by atoms with Crippen LogP contribution in [0.5, 0.6) is 11.5 Å². The van der Waals surface area contributed by atoms with E-state index in [4.69, 9.17) is 14.2 Å². The number of thiophene rings is 1. The van der Waals surface area contributed by atoms with Crippen LogP contribution in [0.4, 0.5) is 0 Å². The monoisotopic (exact) mass is 354 g/mol. The molecule has 128 valence electrons. The first-order valence-electron chi connectivity index (χ1n) is 8.19. The molecule has 4 rings (SSSR count). The van der Waals surface area contributed by atoms with Crippen molar-refractivity contribution >= 4 is 28.1 Å². The Kier molecular flexibility index (Phi) is 4.42. The van der Waals surface area contributed by atoms with Gasteiger partial charge in [0.25, 0.3) is 0 Å². The first kappa shape index (κ1) is 16.1. The highest BCUT2D eigenvalue weighted by atomic mass is 32.1. The normalized spacial score (nSPS) is 16.4. The number of esters is 1. The maximum Gasteiger partial charge on any atom is 0.314 e. The summed E-state index contributed by atoms with van der Waals surface area (Å²) in [6.45, 7) is 0.650. The molecule has 0 unspecified atom stereocenters. The minimum absolute atomic E-state index is 0.197. The number of carbonyl (C=O) groups excluding carboxylic acids is 1. The van der Waals surface area contributed by atoms with Crippen molar-refractivity contribution in [1.82, 2.24) is 0 Å². The SMILES string of the molecule is COc1ccc2ccc(OC(=O)C[C@@H]3OCCc4ccsc43)cc2c1. The van der Waals surface area contributed by atoms with E-state index in [1.165, 1.54) is 5.56 Å². The van der Waals surface area contributed by atoms with E-state index >= 15 is 0 Å². The Bertz CT molecular complexity index is 915. The average Bonchev–Trinajstić information content (AvgIpc) is 3.11. The predicted molar refractivity (Wildman–Crippen MR) is 97.5 cm³/mol. The summed E-state index contributed by atoms with van der Waals surface area (Å²) in [6, 6.07) is 13.5. The van der Waals surface area contributed by atoms with Gasteiger partial charge in [-0.25, -0.2) is 0 Å². The third-order valence-electron chi connectivity index (χ3n) is 4.37. The topological polar surface area (TPSA) is 44.8 Å². The molecule has 0 amide bonds. The van der Waals surface area contributed by atoms with Gasteiger partial charge in [0.2, 0.25) is 0 Å². The number of carbonyl (C=O) groups is 1. The number of rotatable bonds is 4. The van der Waals surface area contributed by atoms with Gasteiger partial charge < -0.3 is 14.2 Å². The molecular formula is C20H18O4S. The second kappa shape index (κ2) is 6.86. The zero-order valence-corrected chi connectivity index (χ0v) is 14.7. The van der Waals surface area contributed by atoms with E-state index in [1.807, 2.05) is 41.8 Å². The Balaban J connectivity index is 1.49. The molecule has 1 aromatic heterocycles. The summed E-state index contributed by atoms with van der Waals surface area (Å²) in [7, 11) is 1.63. The molecule has 0 saturated heterocycles. The van der Waals surface area contributed by atoms with Crippen LogP contribution >= 0.6 is 11.3 Å². The van der Waals surface area contributed by atoms with Crippen molar-refractivity contribution in [3.05, 3.63) is 58.3 Å². The number of hydrogen-bond donors (Lipinski definition) is 0. The first-order valence-corrected chi connectivity index (χ1v) is 9.07. The van der Waals surface area contributed by atoms with Gasteiger partial charge in [0.05, 0.1) is 20.1 Å². The van der Waals surface area contributed by atoms with Crippen molar-refractivity contribution < 1.29 is 19.0 Å². The molecule has 5 heteroatoms. The third kappa shape index (κ3) is 3.38. The molecule has 1 aliphatic heterocycles. The van der Waals surface area contributed by atoms with E-state index in [-0.39, 0.29) is 18.5 Å². The van der Waals surface area contributed by atoms with E-state index in [9.17, 15) is 4.79 Å². The van der Waals surface area contributed by atoms with Crippen LogP contribution in [-0.4, -0.2) is 19.7 Å². The van der Waals surface area contributed by atoms with Crippen LogP contribution in [0.2, 0.25) is 0 Å². The van der Waals surface area contributed by atoms with Crippen LogP contribution < -0.4 is 9.47 Å². The Morgan fingerprint density at radius 2 is 1.96 bits per heavy atom. The van der Waals surface area contributed by atoms with Gasteiger partial charge >= 0.3 is 5.97 Å². The molecule has 0 bridgehead atoms. The fourth-order valence-electron chi connectivity index (χ4n) is 3.09. The van der Waals surface area contributed by atoms with Crippen LogP contribution in [0.3, 0.4) is 0 Å². The quantitative estimate of drug-likeness (QED) is 0.510. The highest BCUT2D eigenvalue weighted by Gasteiger charge is 2.25. The predicted octanol–water partition coefficient (Wildman–Crippen LogP) is 4.52. The van der Waals surface area contributed by atoms with Gasteiger partial charge in [-0.15, -0.1) is 11.3 Å². The van der Waals surface area contributed by atoms with Gasteiger partial charge in [-0.2, -0.15) is 0 Å². The average molecular weight is 354 g/mol. The molecule has 25 heavy (non-hydrogen) atoms. The Morgan fingerprint density at radius 1 is 1.16 bits per heavy atom. The highest BCUT2D eigenvalue weighted by molar-refractivity contribution is 7.10. The summed E-state index contributed by atoms with van der Waals surface area (Å²) >= 11 is 1.64. The lowest BCUT2D eigenvalue weighted by Crippen LogP contribution is -2.19. The van der Waals surface area contributed by atoms with E-state index in [0.29, 0.717) is 12.4 Å². The molecule has 3 aromatic rings. The minimum Gasteiger partial charge on any atom is -0.497 e. The van der Waals surface area contributed by atoms with Crippen molar-refractivity contribution in [2.45, 2.75) is 18.9 Å². The Labute approximate surface area is 149 Å².